The normalized spacial score (nSPS) is 20.0. The van der Waals surface area contributed by atoms with Gasteiger partial charge in [-0.1, -0.05) is 29.8 Å². The number of hydrogen-bond donors (Lipinski definition) is 2. The van der Waals surface area contributed by atoms with Crippen molar-refractivity contribution >= 4 is 29.9 Å². The van der Waals surface area contributed by atoms with Gasteiger partial charge in [0.15, 0.2) is 5.96 Å². The average molecular weight is 517 g/mol. The van der Waals surface area contributed by atoms with Crippen LogP contribution < -0.4 is 10.6 Å². The molecule has 2 fully saturated rings. The smallest absolute Gasteiger partial charge is 0.191 e. The van der Waals surface area contributed by atoms with Gasteiger partial charge in [0, 0.05) is 52.9 Å². The van der Waals surface area contributed by atoms with Gasteiger partial charge in [-0.2, -0.15) is 0 Å². The summed E-state index contributed by atoms with van der Waals surface area (Å²) in [4.78, 5) is 9.33. The number of aryl methyl sites for hydroxylation is 1. The molecule has 0 amide bonds. The highest BCUT2D eigenvalue weighted by Gasteiger charge is 2.23. The highest BCUT2D eigenvalue weighted by Crippen LogP contribution is 2.21. The molecule has 2 saturated heterocycles. The first-order chi connectivity index (χ1) is 13.8. The van der Waals surface area contributed by atoms with Crippen molar-refractivity contribution in [3.8, 4) is 0 Å². The van der Waals surface area contributed by atoms with Crippen molar-refractivity contribution in [1.82, 2.24) is 20.4 Å². The molecule has 1 aromatic rings. The van der Waals surface area contributed by atoms with Gasteiger partial charge >= 0.3 is 0 Å². The summed E-state index contributed by atoms with van der Waals surface area (Å²) in [6.45, 7) is 12.1. The molecule has 0 spiro atoms. The monoisotopic (exact) mass is 517 g/mol. The predicted octanol–water partition coefficient (Wildman–Crippen LogP) is 1.48. The van der Waals surface area contributed by atoms with Crippen LogP contribution in [0.1, 0.15) is 17.2 Å². The van der Waals surface area contributed by atoms with Crippen LogP contribution in [0, 0.1) is 6.92 Å². The molecule has 0 radical (unpaired) electrons. The number of ether oxygens (including phenoxy) is 2. The number of nitrogens with one attached hydrogen (secondary N) is 2. The summed E-state index contributed by atoms with van der Waals surface area (Å²) < 4.78 is 11.0. The molecule has 2 aliphatic rings. The van der Waals surface area contributed by atoms with E-state index in [0.717, 1.165) is 78.2 Å². The molecule has 1 aromatic carbocycles. The molecule has 164 valence electrons. The molecule has 0 saturated carbocycles. The van der Waals surface area contributed by atoms with Crippen molar-refractivity contribution in [2.24, 2.45) is 4.99 Å². The summed E-state index contributed by atoms with van der Waals surface area (Å²) in [6, 6.07) is 9.18. The predicted molar refractivity (Wildman–Crippen MR) is 128 cm³/mol. The largest absolute Gasteiger partial charge is 0.379 e. The van der Waals surface area contributed by atoms with Crippen LogP contribution in [-0.4, -0.2) is 95.0 Å². The molecule has 0 bridgehead atoms. The van der Waals surface area contributed by atoms with Crippen LogP contribution in [0.4, 0.5) is 0 Å². The topological polar surface area (TPSA) is 61.4 Å². The van der Waals surface area contributed by atoms with Crippen molar-refractivity contribution in [1.29, 1.82) is 0 Å². The Hall–Kier alpha value is -0.940. The Morgan fingerprint density at radius 1 is 1.00 bits per heavy atom. The van der Waals surface area contributed by atoms with E-state index in [1.165, 1.54) is 11.1 Å². The Morgan fingerprint density at radius 2 is 1.62 bits per heavy atom. The van der Waals surface area contributed by atoms with Gasteiger partial charge < -0.3 is 20.1 Å². The number of rotatable bonds is 7. The van der Waals surface area contributed by atoms with Crippen LogP contribution in [0.5, 0.6) is 0 Å². The van der Waals surface area contributed by atoms with Crippen molar-refractivity contribution in [2.45, 2.75) is 13.0 Å². The molecule has 7 nitrogen and oxygen atoms in total. The first-order valence-electron chi connectivity index (χ1n) is 10.4. The molecular formula is C21H36IN5O2. The van der Waals surface area contributed by atoms with Gasteiger partial charge in [0.2, 0.25) is 0 Å². The summed E-state index contributed by atoms with van der Waals surface area (Å²) in [7, 11) is 1.83. The lowest BCUT2D eigenvalue weighted by Gasteiger charge is -2.35. The van der Waals surface area contributed by atoms with Crippen molar-refractivity contribution in [3.63, 3.8) is 0 Å². The quantitative estimate of drug-likeness (QED) is 0.325. The minimum Gasteiger partial charge on any atom is -0.379 e. The van der Waals surface area contributed by atoms with Crippen LogP contribution in [-0.2, 0) is 9.47 Å². The van der Waals surface area contributed by atoms with E-state index in [1.807, 2.05) is 7.05 Å². The van der Waals surface area contributed by atoms with Crippen LogP contribution in [0.25, 0.3) is 0 Å². The Kier molecular flexibility index (Phi) is 11.2. The fraction of sp³-hybridized carbons (Fsp3) is 0.667. The lowest BCUT2D eigenvalue weighted by Crippen LogP contribution is -2.48. The summed E-state index contributed by atoms with van der Waals surface area (Å²) in [5, 5.41) is 6.98. The number of guanidine groups is 1. The zero-order chi connectivity index (χ0) is 19.6. The van der Waals surface area contributed by atoms with E-state index in [9.17, 15) is 0 Å². The third-order valence-corrected chi connectivity index (χ3v) is 5.46. The van der Waals surface area contributed by atoms with Gasteiger partial charge in [0.1, 0.15) is 0 Å². The van der Waals surface area contributed by atoms with Gasteiger partial charge in [0.05, 0.1) is 32.5 Å². The molecule has 3 rings (SSSR count). The van der Waals surface area contributed by atoms with E-state index >= 15 is 0 Å². The van der Waals surface area contributed by atoms with Gasteiger partial charge in [-0.3, -0.25) is 14.8 Å². The number of aliphatic imine (C=N–C) groups is 1. The maximum Gasteiger partial charge on any atom is 0.191 e. The number of morpholine rings is 2. The molecule has 0 aliphatic carbocycles. The molecule has 1 atom stereocenters. The highest BCUT2D eigenvalue weighted by atomic mass is 127. The maximum absolute atomic E-state index is 5.55. The molecule has 2 N–H and O–H groups in total. The molecular weight excluding hydrogens is 481 g/mol. The van der Waals surface area contributed by atoms with Crippen LogP contribution in [0.3, 0.4) is 0 Å². The Bertz CT molecular complexity index is 602. The first kappa shape index (κ1) is 24.3. The summed E-state index contributed by atoms with van der Waals surface area (Å²) in [5.41, 5.74) is 2.63. The fourth-order valence-electron chi connectivity index (χ4n) is 3.71. The van der Waals surface area contributed by atoms with Crippen molar-refractivity contribution < 1.29 is 9.47 Å². The fourth-order valence-corrected chi connectivity index (χ4v) is 3.71. The maximum atomic E-state index is 5.55. The summed E-state index contributed by atoms with van der Waals surface area (Å²) >= 11 is 0. The summed E-state index contributed by atoms with van der Waals surface area (Å²) in [5.74, 6) is 0.860. The number of benzene rings is 1. The Balaban J connectivity index is 0.00000300. The number of nitrogens with zero attached hydrogens (tertiary/aromatic N) is 3. The number of hydrogen-bond acceptors (Lipinski definition) is 5. The lowest BCUT2D eigenvalue weighted by atomic mass is 10.0. The lowest BCUT2D eigenvalue weighted by molar-refractivity contribution is 0.0170. The Labute approximate surface area is 192 Å². The highest BCUT2D eigenvalue weighted by molar-refractivity contribution is 14.0. The minimum absolute atomic E-state index is 0. The van der Waals surface area contributed by atoms with Crippen LogP contribution in [0.15, 0.2) is 29.3 Å². The van der Waals surface area contributed by atoms with E-state index in [0.29, 0.717) is 6.04 Å². The van der Waals surface area contributed by atoms with Crippen LogP contribution in [0.2, 0.25) is 0 Å². The standard InChI is InChI=1S/C21H35N5O2.HI/c1-18-3-5-19(6-4-18)20(26-11-15-28-16-12-26)17-24-21(22-2)23-7-8-25-9-13-27-14-10-25;/h3-6,20H,7-17H2,1-2H3,(H2,22,23,24);1H. The van der Waals surface area contributed by atoms with Crippen molar-refractivity contribution in [3.05, 3.63) is 35.4 Å². The second-order valence-corrected chi connectivity index (χ2v) is 7.41. The van der Waals surface area contributed by atoms with Crippen LogP contribution >= 0.6 is 24.0 Å². The van der Waals surface area contributed by atoms with E-state index < -0.39 is 0 Å². The second kappa shape index (κ2) is 13.4. The summed E-state index contributed by atoms with van der Waals surface area (Å²) in [6.07, 6.45) is 0. The first-order valence-corrected chi connectivity index (χ1v) is 10.4. The molecule has 29 heavy (non-hydrogen) atoms. The average Bonchev–Trinajstić information content (AvgIpc) is 2.75. The van der Waals surface area contributed by atoms with E-state index in [4.69, 9.17) is 9.47 Å². The van der Waals surface area contributed by atoms with Gasteiger partial charge in [-0.05, 0) is 12.5 Å². The third kappa shape index (κ3) is 8.01. The molecule has 1 unspecified atom stereocenters. The van der Waals surface area contributed by atoms with Gasteiger partial charge in [-0.15, -0.1) is 24.0 Å². The zero-order valence-electron chi connectivity index (χ0n) is 17.7. The zero-order valence-corrected chi connectivity index (χ0v) is 20.1. The van der Waals surface area contributed by atoms with Crippen molar-refractivity contribution in [2.75, 3.05) is 79.3 Å². The minimum atomic E-state index is 0. The van der Waals surface area contributed by atoms with E-state index in [2.05, 4.69) is 56.6 Å². The van der Waals surface area contributed by atoms with E-state index in [-0.39, 0.29) is 24.0 Å². The second-order valence-electron chi connectivity index (χ2n) is 7.41. The van der Waals surface area contributed by atoms with Gasteiger partial charge in [0.25, 0.3) is 0 Å². The Morgan fingerprint density at radius 3 is 2.24 bits per heavy atom. The molecule has 8 heteroatoms. The molecule has 0 aromatic heterocycles. The SMILES string of the molecule is CN=C(NCCN1CCOCC1)NCC(c1ccc(C)cc1)N1CCOCC1.I. The molecule has 2 heterocycles. The van der Waals surface area contributed by atoms with Gasteiger partial charge in [-0.25, -0.2) is 0 Å². The third-order valence-electron chi connectivity index (χ3n) is 5.46. The number of halogens is 1. The van der Waals surface area contributed by atoms with E-state index in [1.54, 1.807) is 0 Å². The molecule has 2 aliphatic heterocycles.